The summed E-state index contributed by atoms with van der Waals surface area (Å²) in [5.41, 5.74) is 0.964. The van der Waals surface area contributed by atoms with Gasteiger partial charge in [-0.2, -0.15) is 0 Å². The minimum atomic E-state index is -0.281. The first-order chi connectivity index (χ1) is 12.8. The summed E-state index contributed by atoms with van der Waals surface area (Å²) in [6.07, 6.45) is 1.52. The summed E-state index contributed by atoms with van der Waals surface area (Å²) in [7, 11) is 0. The maximum Gasteiger partial charge on any atom is 0.270 e. The van der Waals surface area contributed by atoms with Crippen LogP contribution in [-0.2, 0) is 9.53 Å². The van der Waals surface area contributed by atoms with E-state index in [1.54, 1.807) is 24.3 Å². The van der Waals surface area contributed by atoms with Gasteiger partial charge in [0.05, 0.1) is 28.2 Å². The van der Waals surface area contributed by atoms with E-state index in [2.05, 4.69) is 10.4 Å². The number of carbonyl (C=O) groups excluding carboxylic acids is 1. The van der Waals surface area contributed by atoms with Crippen molar-refractivity contribution in [2.24, 2.45) is 0 Å². The molecule has 4 rings (SSSR count). The fourth-order valence-electron chi connectivity index (χ4n) is 3.85. The molecular formula is C19H23N3O4S. The van der Waals surface area contributed by atoms with Gasteiger partial charge >= 0.3 is 0 Å². The lowest BCUT2D eigenvalue weighted by molar-refractivity contribution is -0.113. The first kappa shape index (κ1) is 18.2. The maximum atomic E-state index is 12.9. The molecule has 2 unspecified atom stereocenters. The molecule has 3 N–H and O–H groups in total. The minimum Gasteiger partial charge on any atom is -0.508 e. The molecule has 0 spiro atoms. The van der Waals surface area contributed by atoms with Crippen LogP contribution in [0.2, 0.25) is 0 Å². The van der Waals surface area contributed by atoms with Crippen LogP contribution < -0.4 is 10.9 Å². The number of amides is 1. The van der Waals surface area contributed by atoms with Crippen molar-refractivity contribution < 1.29 is 14.6 Å². The van der Waals surface area contributed by atoms with E-state index >= 15 is 0 Å². The number of anilines is 1. The molecule has 0 aliphatic carbocycles. The number of phenols is 1. The van der Waals surface area contributed by atoms with Crippen LogP contribution in [0, 0.1) is 0 Å². The fraction of sp³-hybridized carbons (Fsp3) is 0.474. The lowest BCUT2D eigenvalue weighted by atomic mass is 9.94. The highest BCUT2D eigenvalue weighted by molar-refractivity contribution is 8.00. The highest BCUT2D eigenvalue weighted by Gasteiger charge is 2.35. The van der Waals surface area contributed by atoms with Gasteiger partial charge < -0.3 is 15.2 Å². The topological polar surface area (TPSA) is 96.4 Å². The van der Waals surface area contributed by atoms with E-state index in [0.29, 0.717) is 18.0 Å². The molecule has 0 saturated carbocycles. The lowest BCUT2D eigenvalue weighted by Crippen LogP contribution is -2.36. The Hall–Kier alpha value is -2.19. The fourth-order valence-corrected chi connectivity index (χ4v) is 4.98. The Bertz CT molecular complexity index is 916. The number of carbonyl (C=O) groups is 1. The highest BCUT2D eigenvalue weighted by Crippen LogP contribution is 2.42. The van der Waals surface area contributed by atoms with Gasteiger partial charge in [0, 0.05) is 6.61 Å². The summed E-state index contributed by atoms with van der Waals surface area (Å²) in [6.45, 7) is 4.68. The number of benzene rings is 1. The Labute approximate surface area is 161 Å². The second-order valence-corrected chi connectivity index (χ2v) is 8.75. The zero-order valence-electron chi connectivity index (χ0n) is 15.3. The van der Waals surface area contributed by atoms with E-state index in [9.17, 15) is 14.7 Å². The quantitative estimate of drug-likeness (QED) is 0.734. The summed E-state index contributed by atoms with van der Waals surface area (Å²) in [5, 5.41) is 15.2. The number of aromatic hydroxyl groups is 1. The summed E-state index contributed by atoms with van der Waals surface area (Å²) in [4.78, 5) is 25.2. The van der Waals surface area contributed by atoms with Crippen LogP contribution in [-0.4, -0.2) is 38.8 Å². The molecular weight excluding hydrogens is 366 g/mol. The summed E-state index contributed by atoms with van der Waals surface area (Å²) in [6, 6.07) is 6.83. The van der Waals surface area contributed by atoms with Gasteiger partial charge in [-0.05, 0) is 44.4 Å². The molecule has 1 amide bonds. The van der Waals surface area contributed by atoms with Crippen LogP contribution in [0.15, 0.2) is 29.1 Å². The predicted octanol–water partition coefficient (Wildman–Crippen LogP) is 2.79. The third kappa shape index (κ3) is 3.51. The first-order valence-corrected chi connectivity index (χ1v) is 10.1. The number of aromatic nitrogens is 2. The molecule has 1 fully saturated rings. The normalized spacial score (nSPS) is 24.7. The van der Waals surface area contributed by atoms with Crippen molar-refractivity contribution in [1.29, 1.82) is 0 Å². The molecule has 1 aromatic carbocycles. The number of aromatic amines is 1. The Morgan fingerprint density at radius 3 is 2.70 bits per heavy atom. The van der Waals surface area contributed by atoms with E-state index < -0.39 is 0 Å². The number of nitrogens with zero attached hydrogens (tertiary/aromatic N) is 1. The van der Waals surface area contributed by atoms with Crippen LogP contribution in [0.3, 0.4) is 0 Å². The van der Waals surface area contributed by atoms with Crippen molar-refractivity contribution in [1.82, 2.24) is 9.78 Å². The highest BCUT2D eigenvalue weighted by atomic mass is 32.2. The largest absolute Gasteiger partial charge is 0.508 e. The van der Waals surface area contributed by atoms with Crippen LogP contribution in [0.1, 0.15) is 49.1 Å². The molecule has 8 heteroatoms. The number of hydrogen-bond acceptors (Lipinski definition) is 5. The molecule has 2 aromatic rings. The number of phenolic OH excluding ortho intramolecular Hbond substituents is 1. The third-order valence-corrected chi connectivity index (χ3v) is 6.37. The van der Waals surface area contributed by atoms with Crippen molar-refractivity contribution in [3.63, 3.8) is 0 Å². The molecule has 0 bridgehead atoms. The number of rotatable bonds is 2. The van der Waals surface area contributed by atoms with Gasteiger partial charge in [0.1, 0.15) is 11.6 Å². The Morgan fingerprint density at radius 1 is 1.26 bits per heavy atom. The van der Waals surface area contributed by atoms with Crippen LogP contribution in [0.4, 0.5) is 5.82 Å². The second kappa shape index (κ2) is 6.76. The Morgan fingerprint density at radius 2 is 2.00 bits per heavy atom. The molecule has 2 aliphatic heterocycles. The van der Waals surface area contributed by atoms with Gasteiger partial charge in [0.15, 0.2) is 0 Å². The van der Waals surface area contributed by atoms with Crippen LogP contribution in [0.5, 0.6) is 5.75 Å². The molecule has 1 aromatic heterocycles. The van der Waals surface area contributed by atoms with Crippen molar-refractivity contribution in [2.75, 3.05) is 17.7 Å². The number of thioether (sulfide) groups is 1. The molecule has 3 heterocycles. The lowest BCUT2D eigenvalue weighted by Gasteiger charge is -2.36. The number of ether oxygens (including phenoxy) is 1. The first-order valence-electron chi connectivity index (χ1n) is 9.03. The zero-order valence-corrected chi connectivity index (χ0v) is 16.1. The average Bonchev–Trinajstić information content (AvgIpc) is 2.81. The predicted molar refractivity (Wildman–Crippen MR) is 104 cm³/mol. The van der Waals surface area contributed by atoms with E-state index in [-0.39, 0.29) is 39.9 Å². The van der Waals surface area contributed by atoms with Gasteiger partial charge in [-0.3, -0.25) is 19.4 Å². The average molecular weight is 389 g/mol. The standard InChI is InChI=1S/C19H23N3O4S/c1-19(2)9-12(7-8-26-19)22-17-15(18(25)21-22)16(27-10-14(24)20-17)11-3-5-13(23)6-4-11/h3-6,12,16,23H,7-10H2,1-2H3,(H,20,24)(H,21,25). The number of H-pyrrole nitrogens is 1. The number of nitrogens with one attached hydrogen (secondary N) is 2. The SMILES string of the molecule is CC1(C)CC(n2[nH]c(=O)c3c2NC(=O)CSC3c2ccc(O)cc2)CCO1. The van der Waals surface area contributed by atoms with Crippen molar-refractivity contribution >= 4 is 23.5 Å². The smallest absolute Gasteiger partial charge is 0.270 e. The molecule has 0 radical (unpaired) electrons. The van der Waals surface area contributed by atoms with E-state index in [4.69, 9.17) is 4.74 Å². The molecule has 7 nitrogen and oxygen atoms in total. The minimum absolute atomic E-state index is 0.0501. The summed E-state index contributed by atoms with van der Waals surface area (Å²) < 4.78 is 7.61. The third-order valence-electron chi connectivity index (χ3n) is 5.10. The summed E-state index contributed by atoms with van der Waals surface area (Å²) in [5.74, 6) is 0.860. The molecule has 144 valence electrons. The van der Waals surface area contributed by atoms with Crippen LogP contribution >= 0.6 is 11.8 Å². The van der Waals surface area contributed by atoms with Crippen molar-refractivity contribution in [3.05, 3.63) is 45.7 Å². The Kier molecular flexibility index (Phi) is 4.55. The Balaban J connectivity index is 1.80. The van der Waals surface area contributed by atoms with Crippen molar-refractivity contribution in [2.45, 2.75) is 43.6 Å². The molecule has 2 atom stereocenters. The monoisotopic (exact) mass is 389 g/mol. The van der Waals surface area contributed by atoms with E-state index in [1.807, 2.05) is 18.5 Å². The number of hydrogen-bond donors (Lipinski definition) is 3. The van der Waals surface area contributed by atoms with Gasteiger partial charge in [0.2, 0.25) is 5.91 Å². The van der Waals surface area contributed by atoms with Gasteiger partial charge in [0.25, 0.3) is 5.56 Å². The van der Waals surface area contributed by atoms with Crippen molar-refractivity contribution in [3.8, 4) is 5.75 Å². The van der Waals surface area contributed by atoms with Gasteiger partial charge in [-0.25, -0.2) is 0 Å². The second-order valence-electron chi connectivity index (χ2n) is 7.66. The molecule has 1 saturated heterocycles. The molecule has 27 heavy (non-hydrogen) atoms. The van der Waals surface area contributed by atoms with Gasteiger partial charge in [-0.1, -0.05) is 12.1 Å². The van der Waals surface area contributed by atoms with Crippen LogP contribution in [0.25, 0.3) is 0 Å². The van der Waals surface area contributed by atoms with Gasteiger partial charge in [-0.15, -0.1) is 11.8 Å². The van der Waals surface area contributed by atoms with E-state index in [1.165, 1.54) is 11.8 Å². The maximum absolute atomic E-state index is 12.9. The summed E-state index contributed by atoms with van der Waals surface area (Å²) >= 11 is 1.42. The molecule has 2 aliphatic rings. The zero-order chi connectivity index (χ0) is 19.2. The number of fused-ring (bicyclic) bond motifs is 1. The van der Waals surface area contributed by atoms with E-state index in [0.717, 1.165) is 18.4 Å².